The van der Waals surface area contributed by atoms with Crippen LogP contribution in [0.5, 0.6) is 5.75 Å². The highest BCUT2D eigenvalue weighted by Crippen LogP contribution is 2.18. The first kappa shape index (κ1) is 13.6. The lowest BCUT2D eigenvalue weighted by Gasteiger charge is -2.10. The summed E-state index contributed by atoms with van der Waals surface area (Å²) in [5.74, 6) is 1.68. The highest BCUT2D eigenvalue weighted by Gasteiger charge is 2.04. The van der Waals surface area contributed by atoms with Gasteiger partial charge in [-0.1, -0.05) is 18.2 Å². The average molecular weight is 278 g/mol. The summed E-state index contributed by atoms with van der Waals surface area (Å²) >= 11 is 5.78. The molecule has 0 aliphatic rings. The lowest BCUT2D eigenvalue weighted by molar-refractivity contribution is 0.410. The summed E-state index contributed by atoms with van der Waals surface area (Å²) in [5, 5.41) is 3.52. The van der Waals surface area contributed by atoms with E-state index in [1.54, 1.807) is 13.3 Å². The van der Waals surface area contributed by atoms with Gasteiger partial charge in [-0.3, -0.25) is 0 Å². The molecule has 1 N–H and O–H groups in total. The molecule has 0 atom stereocenters. The number of benzene rings is 1. The van der Waals surface area contributed by atoms with Gasteiger partial charge in [0.15, 0.2) is 0 Å². The van der Waals surface area contributed by atoms with Crippen LogP contribution in [-0.2, 0) is 6.42 Å². The Labute approximate surface area is 117 Å². The van der Waals surface area contributed by atoms with Crippen LogP contribution in [-0.4, -0.2) is 23.6 Å². The van der Waals surface area contributed by atoms with Gasteiger partial charge >= 0.3 is 0 Å². The quantitative estimate of drug-likeness (QED) is 0.853. The fourth-order valence-electron chi connectivity index (χ4n) is 1.82. The van der Waals surface area contributed by atoms with Crippen LogP contribution in [0.2, 0.25) is 5.28 Å². The second-order valence-corrected chi connectivity index (χ2v) is 4.50. The van der Waals surface area contributed by atoms with E-state index in [0.29, 0.717) is 0 Å². The number of nitrogens with one attached hydrogen (secondary N) is 1. The fraction of sp³-hybridized carbons (Fsp3) is 0.286. The minimum absolute atomic E-state index is 0.255. The maximum atomic E-state index is 5.78. The van der Waals surface area contributed by atoms with E-state index >= 15 is 0 Å². The Kier molecular flexibility index (Phi) is 4.58. The Bertz CT molecular complexity index is 560. The topological polar surface area (TPSA) is 47.0 Å². The van der Waals surface area contributed by atoms with Gasteiger partial charge in [-0.2, -0.15) is 0 Å². The van der Waals surface area contributed by atoms with E-state index in [1.165, 1.54) is 0 Å². The van der Waals surface area contributed by atoms with Crippen LogP contribution in [0.15, 0.2) is 30.5 Å². The zero-order valence-corrected chi connectivity index (χ0v) is 11.7. The Morgan fingerprint density at radius 2 is 2.11 bits per heavy atom. The number of nitrogens with zero attached hydrogens (tertiary/aromatic N) is 2. The van der Waals surface area contributed by atoms with Gasteiger partial charge in [0, 0.05) is 18.3 Å². The molecule has 5 heteroatoms. The zero-order valence-electron chi connectivity index (χ0n) is 11.0. The lowest BCUT2D eigenvalue weighted by atomic mass is 10.1. The molecule has 1 aromatic heterocycles. The fourth-order valence-corrected chi connectivity index (χ4v) is 1.96. The first-order valence-corrected chi connectivity index (χ1v) is 6.43. The molecule has 0 bridgehead atoms. The molecule has 19 heavy (non-hydrogen) atoms. The van der Waals surface area contributed by atoms with Crippen molar-refractivity contribution in [2.24, 2.45) is 0 Å². The van der Waals surface area contributed by atoms with Crippen molar-refractivity contribution in [1.82, 2.24) is 9.97 Å². The van der Waals surface area contributed by atoms with E-state index in [9.17, 15) is 0 Å². The Morgan fingerprint density at radius 1 is 1.32 bits per heavy atom. The summed E-state index contributed by atoms with van der Waals surface area (Å²) in [6.45, 7) is 2.70. The second-order valence-electron chi connectivity index (χ2n) is 4.16. The van der Waals surface area contributed by atoms with Crippen LogP contribution in [0.3, 0.4) is 0 Å². The van der Waals surface area contributed by atoms with Crippen molar-refractivity contribution in [2.45, 2.75) is 13.3 Å². The first-order chi connectivity index (χ1) is 9.20. The normalized spacial score (nSPS) is 10.3. The van der Waals surface area contributed by atoms with Crippen molar-refractivity contribution >= 4 is 17.4 Å². The van der Waals surface area contributed by atoms with Gasteiger partial charge in [-0.25, -0.2) is 9.97 Å². The number of rotatable bonds is 5. The maximum absolute atomic E-state index is 5.78. The molecule has 0 saturated carbocycles. The van der Waals surface area contributed by atoms with E-state index in [2.05, 4.69) is 21.4 Å². The summed E-state index contributed by atoms with van der Waals surface area (Å²) < 4.78 is 5.32. The average Bonchev–Trinajstić information content (AvgIpc) is 2.43. The Morgan fingerprint density at radius 3 is 2.89 bits per heavy atom. The van der Waals surface area contributed by atoms with Crippen LogP contribution in [0.4, 0.5) is 5.82 Å². The highest BCUT2D eigenvalue weighted by molar-refractivity contribution is 6.28. The number of para-hydroxylation sites is 1. The third-order valence-corrected chi connectivity index (χ3v) is 3.00. The minimum Gasteiger partial charge on any atom is -0.496 e. The van der Waals surface area contributed by atoms with Crippen molar-refractivity contribution in [2.75, 3.05) is 19.0 Å². The van der Waals surface area contributed by atoms with E-state index in [1.807, 2.05) is 25.1 Å². The molecule has 0 amide bonds. The van der Waals surface area contributed by atoms with E-state index in [-0.39, 0.29) is 5.28 Å². The van der Waals surface area contributed by atoms with Gasteiger partial charge in [0.1, 0.15) is 11.6 Å². The first-order valence-electron chi connectivity index (χ1n) is 6.05. The van der Waals surface area contributed by atoms with Crippen LogP contribution >= 0.6 is 11.6 Å². The van der Waals surface area contributed by atoms with E-state index in [0.717, 1.165) is 35.7 Å². The van der Waals surface area contributed by atoms with Crippen LogP contribution in [0, 0.1) is 6.92 Å². The lowest BCUT2D eigenvalue weighted by Crippen LogP contribution is -2.08. The monoisotopic (exact) mass is 277 g/mol. The Hall–Kier alpha value is -1.81. The van der Waals surface area contributed by atoms with Crippen molar-refractivity contribution < 1.29 is 4.74 Å². The molecule has 2 rings (SSSR count). The summed E-state index contributed by atoms with van der Waals surface area (Å²) in [6.07, 6.45) is 2.56. The summed E-state index contributed by atoms with van der Waals surface area (Å²) in [4.78, 5) is 8.09. The van der Waals surface area contributed by atoms with Crippen LogP contribution in [0.1, 0.15) is 11.1 Å². The molecule has 0 aliphatic carbocycles. The zero-order chi connectivity index (χ0) is 13.7. The van der Waals surface area contributed by atoms with Crippen molar-refractivity contribution in [1.29, 1.82) is 0 Å². The van der Waals surface area contributed by atoms with Gasteiger partial charge in [0.2, 0.25) is 5.28 Å². The predicted molar refractivity (Wildman–Crippen MR) is 77.0 cm³/mol. The third kappa shape index (κ3) is 3.58. The molecule has 0 spiro atoms. The molecule has 0 unspecified atom stereocenters. The number of ether oxygens (including phenoxy) is 1. The van der Waals surface area contributed by atoms with Crippen molar-refractivity contribution in [3.63, 3.8) is 0 Å². The van der Waals surface area contributed by atoms with Crippen LogP contribution in [0.25, 0.3) is 0 Å². The summed E-state index contributed by atoms with van der Waals surface area (Å²) in [5.41, 5.74) is 2.14. The number of anilines is 1. The van der Waals surface area contributed by atoms with Crippen molar-refractivity contribution in [3.05, 3.63) is 46.9 Å². The second kappa shape index (κ2) is 6.38. The molecule has 0 aliphatic heterocycles. The maximum Gasteiger partial charge on any atom is 0.224 e. The smallest absolute Gasteiger partial charge is 0.224 e. The van der Waals surface area contributed by atoms with E-state index < -0.39 is 0 Å². The molecule has 100 valence electrons. The van der Waals surface area contributed by atoms with E-state index in [4.69, 9.17) is 16.3 Å². The predicted octanol–water partition coefficient (Wildman–Crippen LogP) is 3.10. The molecular weight excluding hydrogens is 262 g/mol. The van der Waals surface area contributed by atoms with Gasteiger partial charge in [-0.05, 0) is 36.6 Å². The van der Waals surface area contributed by atoms with Gasteiger partial charge in [-0.15, -0.1) is 0 Å². The number of aromatic nitrogens is 2. The van der Waals surface area contributed by atoms with Gasteiger partial charge < -0.3 is 10.1 Å². The molecule has 0 saturated heterocycles. The molecule has 4 nitrogen and oxygen atoms in total. The molecule has 1 aromatic carbocycles. The molecular formula is C14H16ClN3O. The SMILES string of the molecule is COc1ccccc1CCNc1nc(Cl)ncc1C. The third-order valence-electron chi connectivity index (χ3n) is 2.82. The Balaban J connectivity index is 1.98. The van der Waals surface area contributed by atoms with Crippen molar-refractivity contribution in [3.8, 4) is 5.75 Å². The number of methoxy groups -OCH3 is 1. The van der Waals surface area contributed by atoms with Crippen LogP contribution < -0.4 is 10.1 Å². The summed E-state index contributed by atoms with van der Waals surface area (Å²) in [6, 6.07) is 7.98. The standard InChI is InChI=1S/C14H16ClN3O/c1-10-9-17-14(15)18-13(10)16-8-7-11-5-3-4-6-12(11)19-2/h3-6,9H,7-8H2,1-2H3,(H,16,17,18). The highest BCUT2D eigenvalue weighted by atomic mass is 35.5. The largest absolute Gasteiger partial charge is 0.496 e. The van der Waals surface area contributed by atoms with Gasteiger partial charge in [0.25, 0.3) is 0 Å². The molecule has 0 radical (unpaired) electrons. The summed E-state index contributed by atoms with van der Waals surface area (Å²) in [7, 11) is 1.68. The van der Waals surface area contributed by atoms with Gasteiger partial charge in [0.05, 0.1) is 7.11 Å². The molecule has 1 heterocycles. The number of hydrogen-bond donors (Lipinski definition) is 1. The number of halogens is 1. The molecule has 0 fully saturated rings. The molecule has 2 aromatic rings. The number of hydrogen-bond acceptors (Lipinski definition) is 4. The minimum atomic E-state index is 0.255. The number of aryl methyl sites for hydroxylation is 1.